The fourth-order valence-corrected chi connectivity index (χ4v) is 1.55. The van der Waals surface area contributed by atoms with Crippen LogP contribution in [0.25, 0.3) is 0 Å². The molecule has 0 bridgehead atoms. The van der Waals surface area contributed by atoms with Crippen LogP contribution in [0.1, 0.15) is 39.2 Å². The first kappa shape index (κ1) is 14.8. The number of rotatable bonds is 7. The SMILES string of the molecule is C=C(CNC(C)C)COc1cccc(C(C)C)c1. The van der Waals surface area contributed by atoms with Crippen LogP contribution in [0.15, 0.2) is 36.4 Å². The lowest BCUT2D eigenvalue weighted by Crippen LogP contribution is -2.26. The second-order valence-electron chi connectivity index (χ2n) is 5.30. The molecular weight excluding hydrogens is 222 g/mol. The molecular formula is C16H25NO. The van der Waals surface area contributed by atoms with E-state index in [1.807, 2.05) is 12.1 Å². The van der Waals surface area contributed by atoms with Crippen molar-refractivity contribution in [3.63, 3.8) is 0 Å². The van der Waals surface area contributed by atoms with Crippen LogP contribution in [0.2, 0.25) is 0 Å². The van der Waals surface area contributed by atoms with Crippen LogP contribution in [0, 0.1) is 0 Å². The van der Waals surface area contributed by atoms with E-state index >= 15 is 0 Å². The lowest BCUT2D eigenvalue weighted by molar-refractivity contribution is 0.346. The minimum absolute atomic E-state index is 0.478. The molecule has 0 aliphatic carbocycles. The highest BCUT2D eigenvalue weighted by Crippen LogP contribution is 2.20. The quantitative estimate of drug-likeness (QED) is 0.741. The Balaban J connectivity index is 2.43. The average Bonchev–Trinajstić information content (AvgIpc) is 2.34. The van der Waals surface area contributed by atoms with Crippen molar-refractivity contribution in [2.24, 2.45) is 0 Å². The molecule has 0 aliphatic heterocycles. The Hall–Kier alpha value is -1.28. The molecule has 2 nitrogen and oxygen atoms in total. The molecule has 0 saturated carbocycles. The molecule has 0 saturated heterocycles. The van der Waals surface area contributed by atoms with E-state index < -0.39 is 0 Å². The fraction of sp³-hybridized carbons (Fsp3) is 0.500. The lowest BCUT2D eigenvalue weighted by Gasteiger charge is -2.13. The molecule has 2 heteroatoms. The van der Waals surface area contributed by atoms with Crippen LogP contribution in [0.3, 0.4) is 0 Å². The average molecular weight is 247 g/mol. The smallest absolute Gasteiger partial charge is 0.120 e. The Labute approximate surface area is 111 Å². The third-order valence-electron chi connectivity index (χ3n) is 2.73. The number of ether oxygens (including phenoxy) is 1. The van der Waals surface area contributed by atoms with Gasteiger partial charge in [-0.2, -0.15) is 0 Å². The summed E-state index contributed by atoms with van der Waals surface area (Å²) in [5.74, 6) is 1.45. The van der Waals surface area contributed by atoms with E-state index in [2.05, 4.69) is 51.7 Å². The summed E-state index contributed by atoms with van der Waals surface area (Å²) in [4.78, 5) is 0. The molecule has 1 aromatic carbocycles. The van der Waals surface area contributed by atoms with E-state index in [4.69, 9.17) is 4.74 Å². The van der Waals surface area contributed by atoms with Crippen molar-refractivity contribution in [1.82, 2.24) is 5.32 Å². The van der Waals surface area contributed by atoms with Gasteiger partial charge in [0.1, 0.15) is 12.4 Å². The summed E-state index contributed by atoms with van der Waals surface area (Å²) in [7, 11) is 0. The summed E-state index contributed by atoms with van der Waals surface area (Å²) >= 11 is 0. The van der Waals surface area contributed by atoms with Crippen molar-refractivity contribution >= 4 is 0 Å². The second kappa shape index (κ2) is 7.22. The Morgan fingerprint density at radius 2 is 2.00 bits per heavy atom. The highest BCUT2D eigenvalue weighted by molar-refractivity contribution is 5.30. The van der Waals surface area contributed by atoms with Gasteiger partial charge in [-0.15, -0.1) is 0 Å². The number of hydrogen-bond donors (Lipinski definition) is 1. The summed E-state index contributed by atoms with van der Waals surface area (Å²) in [5.41, 5.74) is 2.37. The van der Waals surface area contributed by atoms with Crippen molar-refractivity contribution in [2.45, 2.75) is 39.7 Å². The molecule has 0 amide bonds. The molecule has 0 heterocycles. The van der Waals surface area contributed by atoms with E-state index in [1.54, 1.807) is 0 Å². The van der Waals surface area contributed by atoms with Gasteiger partial charge in [-0.05, 0) is 29.2 Å². The van der Waals surface area contributed by atoms with Crippen LogP contribution in [-0.4, -0.2) is 19.2 Å². The molecule has 0 atom stereocenters. The molecule has 0 unspecified atom stereocenters. The maximum absolute atomic E-state index is 5.75. The van der Waals surface area contributed by atoms with Gasteiger partial charge in [-0.3, -0.25) is 0 Å². The Bertz CT molecular complexity index is 382. The van der Waals surface area contributed by atoms with E-state index in [1.165, 1.54) is 5.56 Å². The van der Waals surface area contributed by atoms with Gasteiger partial charge in [0.15, 0.2) is 0 Å². The monoisotopic (exact) mass is 247 g/mol. The van der Waals surface area contributed by atoms with E-state index in [-0.39, 0.29) is 0 Å². The summed E-state index contributed by atoms with van der Waals surface area (Å²) < 4.78 is 5.75. The Morgan fingerprint density at radius 1 is 1.28 bits per heavy atom. The lowest BCUT2D eigenvalue weighted by atomic mass is 10.0. The topological polar surface area (TPSA) is 21.3 Å². The summed E-state index contributed by atoms with van der Waals surface area (Å²) in [6.45, 7) is 14.0. The van der Waals surface area contributed by atoms with Crippen molar-refractivity contribution < 1.29 is 4.74 Å². The van der Waals surface area contributed by atoms with Crippen LogP contribution in [-0.2, 0) is 0 Å². The van der Waals surface area contributed by atoms with Crippen LogP contribution in [0.4, 0.5) is 0 Å². The van der Waals surface area contributed by atoms with Gasteiger partial charge in [0.05, 0.1) is 0 Å². The summed E-state index contributed by atoms with van der Waals surface area (Å²) in [6, 6.07) is 8.75. The maximum atomic E-state index is 5.75. The zero-order valence-electron chi connectivity index (χ0n) is 12.0. The standard InChI is InChI=1S/C16H25NO/c1-12(2)15-7-6-8-16(9-15)18-11-14(5)10-17-13(3)4/h6-9,12-13,17H,5,10-11H2,1-4H3. The van der Waals surface area contributed by atoms with Crippen LogP contribution in [0.5, 0.6) is 5.75 Å². The van der Waals surface area contributed by atoms with E-state index in [9.17, 15) is 0 Å². The molecule has 0 spiro atoms. The minimum atomic E-state index is 0.478. The predicted molar refractivity (Wildman–Crippen MR) is 78.3 cm³/mol. The van der Waals surface area contributed by atoms with Crippen LogP contribution >= 0.6 is 0 Å². The molecule has 1 N–H and O–H groups in total. The van der Waals surface area contributed by atoms with Crippen LogP contribution < -0.4 is 10.1 Å². The third kappa shape index (κ3) is 5.37. The molecule has 100 valence electrons. The Morgan fingerprint density at radius 3 is 2.61 bits per heavy atom. The molecule has 0 aliphatic rings. The van der Waals surface area contributed by atoms with Crippen molar-refractivity contribution in [3.8, 4) is 5.75 Å². The molecule has 18 heavy (non-hydrogen) atoms. The predicted octanol–water partition coefficient (Wildman–Crippen LogP) is 3.74. The van der Waals surface area contributed by atoms with Crippen molar-refractivity contribution in [1.29, 1.82) is 0 Å². The molecule has 0 fully saturated rings. The van der Waals surface area contributed by atoms with E-state index in [0.717, 1.165) is 17.9 Å². The highest BCUT2D eigenvalue weighted by Gasteiger charge is 2.02. The highest BCUT2D eigenvalue weighted by atomic mass is 16.5. The normalized spacial score (nSPS) is 11.0. The van der Waals surface area contributed by atoms with Crippen molar-refractivity contribution in [3.05, 3.63) is 42.0 Å². The zero-order valence-corrected chi connectivity index (χ0v) is 12.0. The maximum Gasteiger partial charge on any atom is 0.120 e. The fourth-order valence-electron chi connectivity index (χ4n) is 1.55. The first-order valence-corrected chi connectivity index (χ1v) is 6.62. The summed E-state index contributed by atoms with van der Waals surface area (Å²) in [5, 5.41) is 3.33. The number of benzene rings is 1. The Kier molecular flexibility index (Phi) is 5.93. The third-order valence-corrected chi connectivity index (χ3v) is 2.73. The first-order chi connectivity index (χ1) is 8.49. The van der Waals surface area contributed by atoms with Gasteiger partial charge in [-0.1, -0.05) is 46.4 Å². The van der Waals surface area contributed by atoms with Gasteiger partial charge in [0.2, 0.25) is 0 Å². The molecule has 0 radical (unpaired) electrons. The van der Waals surface area contributed by atoms with Gasteiger partial charge >= 0.3 is 0 Å². The van der Waals surface area contributed by atoms with Crippen molar-refractivity contribution in [2.75, 3.05) is 13.2 Å². The molecule has 0 aromatic heterocycles. The minimum Gasteiger partial charge on any atom is -0.489 e. The van der Waals surface area contributed by atoms with Gasteiger partial charge < -0.3 is 10.1 Å². The van der Waals surface area contributed by atoms with Gasteiger partial charge in [0.25, 0.3) is 0 Å². The molecule has 1 rings (SSSR count). The molecule has 1 aromatic rings. The van der Waals surface area contributed by atoms with Gasteiger partial charge in [-0.25, -0.2) is 0 Å². The van der Waals surface area contributed by atoms with E-state index in [0.29, 0.717) is 18.6 Å². The zero-order chi connectivity index (χ0) is 13.5. The summed E-state index contributed by atoms with van der Waals surface area (Å²) in [6.07, 6.45) is 0. The van der Waals surface area contributed by atoms with Gasteiger partial charge in [0, 0.05) is 12.6 Å². The largest absolute Gasteiger partial charge is 0.489 e. The second-order valence-corrected chi connectivity index (χ2v) is 5.30. The first-order valence-electron chi connectivity index (χ1n) is 6.62. The number of hydrogen-bond acceptors (Lipinski definition) is 2. The number of nitrogens with one attached hydrogen (secondary N) is 1.